The smallest absolute Gasteiger partial charge is 0.411 e. The van der Waals surface area contributed by atoms with Gasteiger partial charge in [-0.2, -0.15) is 0 Å². The van der Waals surface area contributed by atoms with E-state index in [0.29, 0.717) is 47.4 Å². The molecule has 2 amide bonds. The zero-order valence-electron chi connectivity index (χ0n) is 15.7. The van der Waals surface area contributed by atoms with E-state index < -0.39 is 23.3 Å². The summed E-state index contributed by atoms with van der Waals surface area (Å²) in [5.74, 6) is -1.22. The van der Waals surface area contributed by atoms with Crippen LogP contribution in [0.5, 0.6) is 0 Å². The van der Waals surface area contributed by atoms with Crippen LogP contribution in [0.25, 0.3) is 0 Å². The molecular formula is C21H22Cl2N2O4. The zero-order valence-corrected chi connectivity index (χ0v) is 17.2. The predicted octanol–water partition coefficient (Wildman–Crippen LogP) is 4.61. The zero-order chi connectivity index (χ0) is 20.9. The Bertz CT molecular complexity index is 867. The highest BCUT2D eigenvalue weighted by Gasteiger charge is 2.46. The van der Waals surface area contributed by atoms with Gasteiger partial charge in [-0.05, 0) is 48.7 Å². The van der Waals surface area contributed by atoms with Crippen LogP contribution < -0.4 is 11.1 Å². The number of halogens is 2. The lowest BCUT2D eigenvalue weighted by Crippen LogP contribution is -2.45. The number of carbonyl (C=O) groups excluding carboxylic acids is 2. The van der Waals surface area contributed by atoms with E-state index in [4.69, 9.17) is 38.4 Å². The minimum atomic E-state index is -0.705. The SMILES string of the molecule is NC(=O)C(c1ccccc1Cl)C1(COC(=O)Nc2ccc(Cl)cc2)CCOCC1. The molecule has 0 radical (unpaired) electrons. The summed E-state index contributed by atoms with van der Waals surface area (Å²) < 4.78 is 11.0. The van der Waals surface area contributed by atoms with Crippen molar-refractivity contribution in [3.05, 3.63) is 64.1 Å². The summed E-state index contributed by atoms with van der Waals surface area (Å²) in [4.78, 5) is 24.8. The van der Waals surface area contributed by atoms with Gasteiger partial charge in [0.25, 0.3) is 0 Å². The van der Waals surface area contributed by atoms with Gasteiger partial charge in [0.2, 0.25) is 5.91 Å². The van der Waals surface area contributed by atoms with E-state index in [9.17, 15) is 9.59 Å². The van der Waals surface area contributed by atoms with Gasteiger partial charge in [-0.1, -0.05) is 41.4 Å². The first-order valence-corrected chi connectivity index (χ1v) is 9.98. The fourth-order valence-corrected chi connectivity index (χ4v) is 4.06. The van der Waals surface area contributed by atoms with Crippen LogP contribution in [0.15, 0.2) is 48.5 Å². The third kappa shape index (κ3) is 5.21. The monoisotopic (exact) mass is 436 g/mol. The van der Waals surface area contributed by atoms with Crippen molar-refractivity contribution in [3.8, 4) is 0 Å². The first kappa shape index (κ1) is 21.4. The molecule has 0 aliphatic carbocycles. The Labute approximate surface area is 179 Å². The van der Waals surface area contributed by atoms with Crippen molar-refractivity contribution < 1.29 is 19.1 Å². The summed E-state index contributed by atoms with van der Waals surface area (Å²) in [7, 11) is 0. The summed E-state index contributed by atoms with van der Waals surface area (Å²) in [5, 5.41) is 3.67. The number of ether oxygens (including phenoxy) is 2. The van der Waals surface area contributed by atoms with E-state index in [1.54, 1.807) is 48.5 Å². The van der Waals surface area contributed by atoms with Crippen molar-refractivity contribution >= 4 is 40.9 Å². The van der Waals surface area contributed by atoms with Crippen LogP contribution in [-0.2, 0) is 14.3 Å². The Morgan fingerprint density at radius 2 is 1.76 bits per heavy atom. The maximum Gasteiger partial charge on any atom is 0.411 e. The van der Waals surface area contributed by atoms with Crippen LogP contribution in [0.4, 0.5) is 10.5 Å². The number of nitrogens with one attached hydrogen (secondary N) is 1. The number of carbonyl (C=O) groups is 2. The second-order valence-corrected chi connectivity index (χ2v) is 7.88. The summed E-state index contributed by atoms with van der Waals surface area (Å²) in [6.07, 6.45) is 0.403. The number of amides is 2. The molecule has 0 bridgehead atoms. The number of hydrogen-bond donors (Lipinski definition) is 2. The van der Waals surface area contributed by atoms with E-state index in [-0.39, 0.29) is 6.61 Å². The second kappa shape index (κ2) is 9.48. The predicted molar refractivity (Wildman–Crippen MR) is 112 cm³/mol. The highest BCUT2D eigenvalue weighted by atomic mass is 35.5. The molecule has 1 unspecified atom stereocenters. The average Bonchev–Trinajstić information content (AvgIpc) is 2.70. The molecule has 0 saturated carbocycles. The summed E-state index contributed by atoms with van der Waals surface area (Å²) >= 11 is 12.2. The lowest BCUT2D eigenvalue weighted by molar-refractivity contribution is -0.126. The Morgan fingerprint density at radius 3 is 2.38 bits per heavy atom. The third-order valence-corrected chi connectivity index (χ3v) is 5.78. The van der Waals surface area contributed by atoms with Crippen molar-refractivity contribution in [1.82, 2.24) is 0 Å². The highest BCUT2D eigenvalue weighted by Crippen LogP contribution is 2.46. The molecule has 6 nitrogen and oxygen atoms in total. The molecule has 3 N–H and O–H groups in total. The molecule has 1 aliphatic rings. The number of benzene rings is 2. The molecule has 2 aromatic carbocycles. The Balaban J connectivity index is 1.80. The fourth-order valence-electron chi connectivity index (χ4n) is 3.68. The van der Waals surface area contributed by atoms with E-state index in [1.165, 1.54) is 0 Å². The van der Waals surface area contributed by atoms with Crippen molar-refractivity contribution in [2.24, 2.45) is 11.1 Å². The van der Waals surface area contributed by atoms with Crippen LogP contribution in [0.3, 0.4) is 0 Å². The van der Waals surface area contributed by atoms with Gasteiger partial charge in [-0.15, -0.1) is 0 Å². The van der Waals surface area contributed by atoms with Gasteiger partial charge < -0.3 is 15.2 Å². The van der Waals surface area contributed by atoms with Crippen LogP contribution in [0.1, 0.15) is 24.3 Å². The molecule has 154 valence electrons. The van der Waals surface area contributed by atoms with Crippen LogP contribution >= 0.6 is 23.2 Å². The summed E-state index contributed by atoms with van der Waals surface area (Å²) in [6.45, 7) is 0.890. The van der Waals surface area contributed by atoms with E-state index in [2.05, 4.69) is 5.32 Å². The molecule has 1 atom stereocenters. The number of primary amides is 1. The quantitative estimate of drug-likeness (QED) is 0.691. The number of nitrogens with two attached hydrogens (primary N) is 1. The lowest BCUT2D eigenvalue weighted by Gasteiger charge is -2.41. The molecule has 1 heterocycles. The molecule has 3 rings (SSSR count). The van der Waals surface area contributed by atoms with Gasteiger partial charge in [-0.25, -0.2) is 4.79 Å². The molecule has 8 heteroatoms. The van der Waals surface area contributed by atoms with Crippen LogP contribution in [-0.4, -0.2) is 31.8 Å². The number of hydrogen-bond acceptors (Lipinski definition) is 4. The molecule has 0 spiro atoms. The standard InChI is InChI=1S/C21H22Cl2N2O4/c22-14-5-7-15(8-6-14)25-20(27)29-13-21(9-11-28-12-10-21)18(19(24)26)16-3-1-2-4-17(16)23/h1-8,18H,9-13H2,(H2,24,26)(H,25,27). The average molecular weight is 437 g/mol. The minimum absolute atomic E-state index is 0.00854. The van der Waals surface area contributed by atoms with Gasteiger partial charge in [0.05, 0.1) is 5.92 Å². The first-order chi connectivity index (χ1) is 13.9. The van der Waals surface area contributed by atoms with Crippen molar-refractivity contribution in [1.29, 1.82) is 0 Å². The molecular weight excluding hydrogens is 415 g/mol. The molecule has 29 heavy (non-hydrogen) atoms. The lowest BCUT2D eigenvalue weighted by atomic mass is 9.67. The summed E-state index contributed by atoms with van der Waals surface area (Å²) in [6, 6.07) is 13.8. The maximum absolute atomic E-state index is 12.5. The van der Waals surface area contributed by atoms with Crippen molar-refractivity contribution in [2.75, 3.05) is 25.1 Å². The van der Waals surface area contributed by atoms with Gasteiger partial charge in [0, 0.05) is 34.4 Å². The summed E-state index contributed by atoms with van der Waals surface area (Å²) in [5.41, 5.74) is 6.27. The Hall–Kier alpha value is -2.28. The van der Waals surface area contributed by atoms with E-state index in [1.807, 2.05) is 0 Å². The largest absolute Gasteiger partial charge is 0.449 e. The van der Waals surface area contributed by atoms with Gasteiger partial charge in [0.15, 0.2) is 0 Å². The molecule has 2 aromatic rings. The second-order valence-electron chi connectivity index (χ2n) is 7.04. The van der Waals surface area contributed by atoms with E-state index >= 15 is 0 Å². The van der Waals surface area contributed by atoms with Crippen LogP contribution in [0, 0.1) is 5.41 Å². The van der Waals surface area contributed by atoms with Crippen LogP contribution in [0.2, 0.25) is 10.0 Å². The van der Waals surface area contributed by atoms with Crippen molar-refractivity contribution in [3.63, 3.8) is 0 Å². The third-order valence-electron chi connectivity index (χ3n) is 5.18. The maximum atomic E-state index is 12.5. The molecule has 0 aromatic heterocycles. The number of rotatable bonds is 6. The van der Waals surface area contributed by atoms with Gasteiger partial charge in [0.1, 0.15) is 6.61 Å². The highest BCUT2D eigenvalue weighted by molar-refractivity contribution is 6.31. The topological polar surface area (TPSA) is 90.7 Å². The first-order valence-electron chi connectivity index (χ1n) is 9.22. The fraction of sp³-hybridized carbons (Fsp3) is 0.333. The van der Waals surface area contributed by atoms with Gasteiger partial charge >= 0.3 is 6.09 Å². The Kier molecular flexibility index (Phi) is 7.00. The van der Waals surface area contributed by atoms with Gasteiger partial charge in [-0.3, -0.25) is 10.1 Å². The molecule has 1 aliphatic heterocycles. The van der Waals surface area contributed by atoms with Crippen molar-refractivity contribution in [2.45, 2.75) is 18.8 Å². The minimum Gasteiger partial charge on any atom is -0.449 e. The van der Waals surface area contributed by atoms with E-state index in [0.717, 1.165) is 0 Å². The Morgan fingerprint density at radius 1 is 1.10 bits per heavy atom. The number of anilines is 1. The normalized spacial score (nSPS) is 16.6. The molecule has 1 saturated heterocycles. The molecule has 1 fully saturated rings.